The summed E-state index contributed by atoms with van der Waals surface area (Å²) in [6.07, 6.45) is 6.81. The van der Waals surface area contributed by atoms with Crippen molar-refractivity contribution in [3.05, 3.63) is 109 Å². The topological polar surface area (TPSA) is 30.7 Å². The molecule has 126 valence electrons. The van der Waals surface area contributed by atoms with Gasteiger partial charge in [-0.05, 0) is 22.6 Å². The first-order valence-electron chi connectivity index (χ1n) is 8.35. The van der Waals surface area contributed by atoms with Crippen LogP contribution in [0.1, 0.15) is 11.4 Å². The number of benzene rings is 3. The molecule has 4 aromatic rings. The fourth-order valence-corrected chi connectivity index (χ4v) is 2.47. The van der Waals surface area contributed by atoms with Gasteiger partial charge in [-0.15, -0.1) is 11.5 Å². The van der Waals surface area contributed by atoms with Crippen LogP contribution in [-0.2, 0) is 6.54 Å². The number of hydrogen-bond acceptors (Lipinski definition) is 2. The van der Waals surface area contributed by atoms with Crippen LogP contribution < -0.4 is 0 Å². The van der Waals surface area contributed by atoms with Crippen LogP contribution >= 0.6 is 0 Å². The van der Waals surface area contributed by atoms with E-state index in [0.29, 0.717) is 12.4 Å². The SMILES string of the molecule is C#Cc1ncn(Cc2ccccc2)n1.c1ccc(-c2ccccc2)cc1. The average Bonchev–Trinajstić information content (AvgIpc) is 3.18. The molecular formula is C23H19N3. The molecule has 0 saturated carbocycles. The highest BCUT2D eigenvalue weighted by Gasteiger charge is 1.97. The van der Waals surface area contributed by atoms with Crippen molar-refractivity contribution >= 4 is 0 Å². The summed E-state index contributed by atoms with van der Waals surface area (Å²) in [6.45, 7) is 0.704. The van der Waals surface area contributed by atoms with E-state index in [2.05, 4.69) is 64.5 Å². The molecule has 26 heavy (non-hydrogen) atoms. The largest absolute Gasteiger partial charge is 0.247 e. The van der Waals surface area contributed by atoms with Crippen molar-refractivity contribution in [3.8, 4) is 23.5 Å². The van der Waals surface area contributed by atoms with Crippen LogP contribution in [0, 0.1) is 12.3 Å². The molecule has 0 N–H and O–H groups in total. The minimum atomic E-state index is 0.431. The second-order valence-electron chi connectivity index (χ2n) is 5.63. The smallest absolute Gasteiger partial charge is 0.225 e. The molecule has 3 nitrogen and oxygen atoms in total. The third-order valence-electron chi connectivity index (χ3n) is 3.73. The summed E-state index contributed by atoms with van der Waals surface area (Å²) in [5.41, 5.74) is 3.73. The molecule has 0 fully saturated rings. The molecule has 0 unspecified atom stereocenters. The zero-order valence-electron chi connectivity index (χ0n) is 14.4. The third-order valence-corrected chi connectivity index (χ3v) is 3.73. The second-order valence-corrected chi connectivity index (χ2v) is 5.63. The summed E-state index contributed by atoms with van der Waals surface area (Å²) >= 11 is 0. The normalized spacial score (nSPS) is 9.65. The van der Waals surface area contributed by atoms with E-state index in [4.69, 9.17) is 6.42 Å². The molecule has 3 heteroatoms. The maximum absolute atomic E-state index is 5.17. The van der Waals surface area contributed by atoms with Crippen LogP contribution in [0.2, 0.25) is 0 Å². The lowest BCUT2D eigenvalue weighted by molar-refractivity contribution is 0.683. The van der Waals surface area contributed by atoms with Crippen molar-refractivity contribution in [1.82, 2.24) is 14.8 Å². The Hall–Kier alpha value is -3.64. The van der Waals surface area contributed by atoms with Gasteiger partial charge in [-0.3, -0.25) is 0 Å². The Morgan fingerprint density at radius 2 is 1.23 bits per heavy atom. The molecule has 1 aromatic heterocycles. The number of nitrogens with zero attached hydrogens (tertiary/aromatic N) is 3. The molecule has 4 rings (SSSR count). The van der Waals surface area contributed by atoms with Gasteiger partial charge in [-0.25, -0.2) is 9.67 Å². The molecule has 0 atom stereocenters. The monoisotopic (exact) mass is 337 g/mol. The van der Waals surface area contributed by atoms with Crippen LogP contribution in [0.25, 0.3) is 11.1 Å². The van der Waals surface area contributed by atoms with E-state index in [1.54, 1.807) is 11.0 Å². The highest BCUT2D eigenvalue weighted by atomic mass is 15.3. The van der Waals surface area contributed by atoms with Crippen LogP contribution in [-0.4, -0.2) is 14.8 Å². The quantitative estimate of drug-likeness (QED) is 0.509. The van der Waals surface area contributed by atoms with Gasteiger partial charge in [0, 0.05) is 0 Å². The van der Waals surface area contributed by atoms with Gasteiger partial charge in [0.15, 0.2) is 0 Å². The van der Waals surface area contributed by atoms with E-state index in [-0.39, 0.29) is 0 Å². The fraction of sp³-hybridized carbons (Fsp3) is 0.0435. The van der Waals surface area contributed by atoms with E-state index in [0.717, 1.165) is 0 Å². The first-order valence-corrected chi connectivity index (χ1v) is 8.35. The van der Waals surface area contributed by atoms with Gasteiger partial charge in [0.25, 0.3) is 0 Å². The Kier molecular flexibility index (Phi) is 5.95. The first-order chi connectivity index (χ1) is 12.8. The first kappa shape index (κ1) is 17.2. The Balaban J connectivity index is 0.000000152. The van der Waals surface area contributed by atoms with Crippen LogP contribution in [0.3, 0.4) is 0 Å². The third kappa shape index (κ3) is 4.93. The molecule has 3 aromatic carbocycles. The lowest BCUT2D eigenvalue weighted by Crippen LogP contribution is -1.99. The number of hydrogen-bond donors (Lipinski definition) is 0. The predicted octanol–water partition coefficient (Wildman–Crippen LogP) is 4.66. The van der Waals surface area contributed by atoms with Crippen molar-refractivity contribution in [2.45, 2.75) is 6.54 Å². The summed E-state index contributed by atoms with van der Waals surface area (Å²) in [4.78, 5) is 3.95. The molecule has 0 saturated heterocycles. The Morgan fingerprint density at radius 3 is 1.69 bits per heavy atom. The van der Waals surface area contributed by atoms with Crippen molar-refractivity contribution < 1.29 is 0 Å². The number of terminal acetylenes is 1. The van der Waals surface area contributed by atoms with Crippen molar-refractivity contribution in [3.63, 3.8) is 0 Å². The molecule has 0 amide bonds. The molecule has 0 aliphatic rings. The molecule has 1 heterocycles. The van der Waals surface area contributed by atoms with E-state index in [9.17, 15) is 0 Å². The summed E-state index contributed by atoms with van der Waals surface area (Å²) < 4.78 is 1.73. The van der Waals surface area contributed by atoms with Crippen molar-refractivity contribution in [2.24, 2.45) is 0 Å². The summed E-state index contributed by atoms with van der Waals surface area (Å²) in [5.74, 6) is 2.82. The van der Waals surface area contributed by atoms with Gasteiger partial charge in [0.05, 0.1) is 6.54 Å². The van der Waals surface area contributed by atoms with E-state index >= 15 is 0 Å². The maximum atomic E-state index is 5.17. The van der Waals surface area contributed by atoms with E-state index in [1.807, 2.05) is 42.5 Å². The molecule has 0 aliphatic carbocycles. The standard InChI is InChI=1S/C12H10.C11H9N3/c1-3-7-11(8-4-1)12-9-5-2-6-10-12;1-2-11-12-9-14(13-11)8-10-6-4-3-5-7-10/h1-10H;1,3-7,9H,8H2. The predicted molar refractivity (Wildman–Crippen MR) is 105 cm³/mol. The number of rotatable bonds is 3. The zero-order chi connectivity index (χ0) is 18.0. The molecule has 0 radical (unpaired) electrons. The lowest BCUT2D eigenvalue weighted by atomic mass is 10.1. The number of aromatic nitrogens is 3. The summed E-state index contributed by atoms with van der Waals surface area (Å²) in [7, 11) is 0. The van der Waals surface area contributed by atoms with Gasteiger partial charge in [0.2, 0.25) is 5.82 Å². The molecule has 0 aliphatic heterocycles. The maximum Gasteiger partial charge on any atom is 0.225 e. The van der Waals surface area contributed by atoms with Crippen LogP contribution in [0.4, 0.5) is 0 Å². The molecule has 0 spiro atoms. The average molecular weight is 337 g/mol. The summed E-state index contributed by atoms with van der Waals surface area (Å²) in [6, 6.07) is 30.8. The van der Waals surface area contributed by atoms with Gasteiger partial charge in [-0.1, -0.05) is 91.0 Å². The second kappa shape index (κ2) is 9.00. The van der Waals surface area contributed by atoms with Crippen LogP contribution in [0.15, 0.2) is 97.3 Å². The minimum absolute atomic E-state index is 0.431. The van der Waals surface area contributed by atoms with Crippen LogP contribution in [0.5, 0.6) is 0 Å². The van der Waals surface area contributed by atoms with Crippen molar-refractivity contribution in [2.75, 3.05) is 0 Å². The van der Waals surface area contributed by atoms with Crippen molar-refractivity contribution in [1.29, 1.82) is 0 Å². The minimum Gasteiger partial charge on any atom is -0.247 e. The van der Waals surface area contributed by atoms with E-state index < -0.39 is 0 Å². The Bertz CT molecular complexity index is 915. The Morgan fingerprint density at radius 1 is 0.731 bits per heavy atom. The highest BCUT2D eigenvalue weighted by molar-refractivity contribution is 5.62. The fourth-order valence-electron chi connectivity index (χ4n) is 2.47. The highest BCUT2D eigenvalue weighted by Crippen LogP contribution is 2.17. The van der Waals surface area contributed by atoms with Gasteiger partial charge in [0.1, 0.15) is 6.33 Å². The molecular weight excluding hydrogens is 318 g/mol. The van der Waals surface area contributed by atoms with Gasteiger partial charge >= 0.3 is 0 Å². The molecule has 0 bridgehead atoms. The summed E-state index contributed by atoms with van der Waals surface area (Å²) in [5, 5.41) is 4.09. The zero-order valence-corrected chi connectivity index (χ0v) is 14.4. The lowest BCUT2D eigenvalue weighted by Gasteiger charge is -1.98. The Labute approximate surface area is 154 Å². The van der Waals surface area contributed by atoms with Gasteiger partial charge in [-0.2, -0.15) is 0 Å². The van der Waals surface area contributed by atoms with E-state index in [1.165, 1.54) is 16.7 Å². The van der Waals surface area contributed by atoms with Gasteiger partial charge < -0.3 is 0 Å².